The van der Waals surface area contributed by atoms with Gasteiger partial charge in [-0.15, -0.1) is 0 Å². The summed E-state index contributed by atoms with van der Waals surface area (Å²) in [4.78, 5) is 2.33. The molecule has 1 aliphatic rings. The van der Waals surface area contributed by atoms with Crippen molar-refractivity contribution in [3.05, 3.63) is 28.2 Å². The number of hydrogen-bond acceptors (Lipinski definition) is 2. The van der Waals surface area contributed by atoms with Gasteiger partial charge in [0.1, 0.15) is 6.07 Å². The molecule has 1 aromatic carbocycles. The van der Waals surface area contributed by atoms with E-state index in [-0.39, 0.29) is 0 Å². The molecule has 0 aliphatic carbocycles. The summed E-state index contributed by atoms with van der Waals surface area (Å²) in [5.41, 5.74) is 1.83. The summed E-state index contributed by atoms with van der Waals surface area (Å²) in [5, 5.41) is 9.19. The van der Waals surface area contributed by atoms with Crippen molar-refractivity contribution in [3.63, 3.8) is 0 Å². The molecule has 1 unspecified atom stereocenters. The molecule has 3 heteroatoms. The van der Waals surface area contributed by atoms with Gasteiger partial charge < -0.3 is 4.90 Å². The molecule has 0 saturated carbocycles. The van der Waals surface area contributed by atoms with Gasteiger partial charge in [0, 0.05) is 17.6 Å². The fourth-order valence-corrected chi connectivity index (χ4v) is 2.74. The monoisotopic (exact) mass is 278 g/mol. The van der Waals surface area contributed by atoms with E-state index in [9.17, 15) is 5.26 Å². The third-order valence-electron chi connectivity index (χ3n) is 3.10. The first-order valence-electron chi connectivity index (χ1n) is 5.66. The highest BCUT2D eigenvalue weighted by Crippen LogP contribution is 2.30. The number of rotatable bonds is 1. The maximum Gasteiger partial charge on any atom is 0.103 e. The summed E-state index contributed by atoms with van der Waals surface area (Å²) < 4.78 is 0.894. The van der Waals surface area contributed by atoms with E-state index in [1.54, 1.807) is 0 Å². The van der Waals surface area contributed by atoms with Crippen LogP contribution in [-0.2, 0) is 0 Å². The molecule has 0 bridgehead atoms. The summed E-state index contributed by atoms with van der Waals surface area (Å²) in [6.45, 7) is 4.40. The molecule has 1 atom stereocenters. The first-order chi connectivity index (χ1) is 7.72. The van der Waals surface area contributed by atoms with Crippen LogP contribution in [0.3, 0.4) is 0 Å². The number of anilines is 1. The summed E-state index contributed by atoms with van der Waals surface area (Å²) in [6.07, 6.45) is 2.52. The second-order valence-electron chi connectivity index (χ2n) is 4.44. The number of nitriles is 1. The molecule has 1 fully saturated rings. The highest BCUT2D eigenvalue weighted by molar-refractivity contribution is 9.10. The lowest BCUT2D eigenvalue weighted by Gasteiger charge is -2.33. The number of halogens is 1. The SMILES string of the molecule is CC1CCCN(c2cccc(Br)c2C#N)C1. The predicted octanol–water partition coefficient (Wildman–Crippen LogP) is 3.56. The molecule has 0 N–H and O–H groups in total. The van der Waals surface area contributed by atoms with Crippen molar-refractivity contribution in [2.75, 3.05) is 18.0 Å². The van der Waals surface area contributed by atoms with Gasteiger partial charge in [-0.1, -0.05) is 13.0 Å². The maximum atomic E-state index is 9.19. The molecule has 2 rings (SSSR count). The van der Waals surface area contributed by atoms with Gasteiger partial charge >= 0.3 is 0 Å². The van der Waals surface area contributed by atoms with Crippen LogP contribution in [0.1, 0.15) is 25.3 Å². The minimum Gasteiger partial charge on any atom is -0.370 e. The van der Waals surface area contributed by atoms with Crippen LogP contribution in [0.2, 0.25) is 0 Å². The smallest absolute Gasteiger partial charge is 0.103 e. The number of hydrogen-bond donors (Lipinski definition) is 0. The number of piperidine rings is 1. The predicted molar refractivity (Wildman–Crippen MR) is 69.5 cm³/mol. The molecule has 84 valence electrons. The van der Waals surface area contributed by atoms with E-state index in [2.05, 4.69) is 33.8 Å². The second kappa shape index (κ2) is 4.88. The minimum atomic E-state index is 0.722. The van der Waals surface area contributed by atoms with Gasteiger partial charge in [0.2, 0.25) is 0 Å². The number of benzene rings is 1. The molecule has 0 amide bonds. The first-order valence-corrected chi connectivity index (χ1v) is 6.45. The molecule has 1 aromatic rings. The average molecular weight is 279 g/mol. The third-order valence-corrected chi connectivity index (χ3v) is 3.76. The Balaban J connectivity index is 2.33. The van der Waals surface area contributed by atoms with Crippen LogP contribution in [0.25, 0.3) is 0 Å². The molecule has 2 nitrogen and oxygen atoms in total. The Morgan fingerprint density at radius 1 is 1.50 bits per heavy atom. The van der Waals surface area contributed by atoms with Crippen LogP contribution < -0.4 is 4.90 Å². The Kier molecular flexibility index (Phi) is 3.50. The summed E-state index contributed by atoms with van der Waals surface area (Å²) in [7, 11) is 0. The van der Waals surface area contributed by atoms with E-state index < -0.39 is 0 Å². The highest BCUT2D eigenvalue weighted by atomic mass is 79.9. The fourth-order valence-electron chi connectivity index (χ4n) is 2.30. The molecule has 0 aromatic heterocycles. The first kappa shape index (κ1) is 11.5. The van der Waals surface area contributed by atoms with Crippen molar-refractivity contribution >= 4 is 21.6 Å². The van der Waals surface area contributed by atoms with Gasteiger partial charge in [-0.3, -0.25) is 0 Å². The Hall–Kier alpha value is -1.01. The summed E-state index contributed by atoms with van der Waals surface area (Å²) in [6, 6.07) is 8.26. The second-order valence-corrected chi connectivity index (χ2v) is 5.29. The fraction of sp³-hybridized carbons (Fsp3) is 0.462. The van der Waals surface area contributed by atoms with E-state index in [4.69, 9.17) is 0 Å². The quantitative estimate of drug-likeness (QED) is 0.786. The Morgan fingerprint density at radius 3 is 3.00 bits per heavy atom. The van der Waals surface area contributed by atoms with Crippen LogP contribution in [0.15, 0.2) is 22.7 Å². The minimum absolute atomic E-state index is 0.722. The largest absolute Gasteiger partial charge is 0.370 e. The van der Waals surface area contributed by atoms with E-state index in [1.807, 2.05) is 18.2 Å². The normalized spacial score (nSPS) is 20.6. The van der Waals surface area contributed by atoms with Gasteiger partial charge in [0.25, 0.3) is 0 Å². The number of nitrogens with zero attached hydrogens (tertiary/aromatic N) is 2. The third kappa shape index (κ3) is 2.22. The van der Waals surface area contributed by atoms with Crippen molar-refractivity contribution in [2.45, 2.75) is 19.8 Å². The lowest BCUT2D eigenvalue weighted by Crippen LogP contribution is -2.34. The van der Waals surface area contributed by atoms with Crippen molar-refractivity contribution in [1.29, 1.82) is 5.26 Å². The average Bonchev–Trinajstić information content (AvgIpc) is 2.28. The van der Waals surface area contributed by atoms with Gasteiger partial charge in [0.15, 0.2) is 0 Å². The van der Waals surface area contributed by atoms with Gasteiger partial charge in [-0.05, 0) is 46.8 Å². The summed E-state index contributed by atoms with van der Waals surface area (Å²) in [5.74, 6) is 0.722. The van der Waals surface area contributed by atoms with Crippen LogP contribution in [0.5, 0.6) is 0 Å². The van der Waals surface area contributed by atoms with E-state index in [1.165, 1.54) is 12.8 Å². The van der Waals surface area contributed by atoms with Crippen molar-refractivity contribution < 1.29 is 0 Å². The lowest BCUT2D eigenvalue weighted by atomic mass is 9.99. The van der Waals surface area contributed by atoms with E-state index >= 15 is 0 Å². The molecular formula is C13H15BrN2. The molecule has 1 saturated heterocycles. The zero-order valence-corrected chi connectivity index (χ0v) is 11.0. The van der Waals surface area contributed by atoms with Gasteiger partial charge in [-0.25, -0.2) is 0 Å². The standard InChI is InChI=1S/C13H15BrN2/c1-10-4-3-7-16(9-10)13-6-2-5-12(14)11(13)8-15/h2,5-6,10H,3-4,7,9H2,1H3. The molecular weight excluding hydrogens is 264 g/mol. The zero-order chi connectivity index (χ0) is 11.5. The topological polar surface area (TPSA) is 27.0 Å². The maximum absolute atomic E-state index is 9.19. The molecule has 0 spiro atoms. The van der Waals surface area contributed by atoms with Crippen molar-refractivity contribution in [1.82, 2.24) is 0 Å². The van der Waals surface area contributed by atoms with Crippen LogP contribution in [-0.4, -0.2) is 13.1 Å². The highest BCUT2D eigenvalue weighted by Gasteiger charge is 2.19. The molecule has 1 heterocycles. The van der Waals surface area contributed by atoms with Gasteiger partial charge in [0.05, 0.1) is 11.3 Å². The zero-order valence-electron chi connectivity index (χ0n) is 9.41. The van der Waals surface area contributed by atoms with Crippen LogP contribution >= 0.6 is 15.9 Å². The van der Waals surface area contributed by atoms with Crippen LogP contribution in [0.4, 0.5) is 5.69 Å². The van der Waals surface area contributed by atoms with Crippen LogP contribution in [0, 0.1) is 17.2 Å². The van der Waals surface area contributed by atoms with E-state index in [0.717, 1.165) is 34.7 Å². The lowest BCUT2D eigenvalue weighted by molar-refractivity contribution is 0.446. The Bertz CT molecular complexity index is 422. The summed E-state index contributed by atoms with van der Waals surface area (Å²) >= 11 is 3.44. The molecule has 0 radical (unpaired) electrons. The van der Waals surface area contributed by atoms with Crippen molar-refractivity contribution in [3.8, 4) is 6.07 Å². The molecule has 16 heavy (non-hydrogen) atoms. The van der Waals surface area contributed by atoms with Gasteiger partial charge in [-0.2, -0.15) is 5.26 Å². The van der Waals surface area contributed by atoms with Crippen molar-refractivity contribution in [2.24, 2.45) is 5.92 Å². The van der Waals surface area contributed by atoms with E-state index in [0.29, 0.717) is 0 Å². The molecule has 1 aliphatic heterocycles. The Morgan fingerprint density at radius 2 is 2.31 bits per heavy atom. The Labute approximate surface area is 105 Å².